The molecule has 1 heterocycles. The molecule has 2 rings (SSSR count). The van der Waals surface area contributed by atoms with E-state index in [2.05, 4.69) is 15.0 Å². The number of benzene rings is 1. The Bertz CT molecular complexity index is 578. The fourth-order valence-electron chi connectivity index (χ4n) is 1.90. The van der Waals surface area contributed by atoms with Gasteiger partial charge in [0.05, 0.1) is 7.11 Å². The van der Waals surface area contributed by atoms with Crippen molar-refractivity contribution >= 4 is 5.97 Å². The van der Waals surface area contributed by atoms with Gasteiger partial charge in [-0.3, -0.25) is 0 Å². The molecule has 0 spiro atoms. The zero-order valence-corrected chi connectivity index (χ0v) is 11.4. The van der Waals surface area contributed by atoms with E-state index in [9.17, 15) is 9.18 Å². The lowest BCUT2D eigenvalue weighted by atomic mass is 10.1. The molecule has 0 saturated carbocycles. The van der Waals surface area contributed by atoms with E-state index in [0.29, 0.717) is 12.2 Å². The van der Waals surface area contributed by atoms with Crippen molar-refractivity contribution in [1.82, 2.24) is 10.3 Å². The normalized spacial score (nSPS) is 12.2. The van der Waals surface area contributed by atoms with Gasteiger partial charge in [-0.25, -0.2) is 9.18 Å². The molecule has 0 radical (unpaired) electrons. The topological polar surface area (TPSA) is 54.1 Å². The summed E-state index contributed by atoms with van der Waals surface area (Å²) >= 11 is 0. The summed E-state index contributed by atoms with van der Waals surface area (Å²) in [6.07, 6.45) is 0. The lowest BCUT2D eigenvalue weighted by Gasteiger charge is -2.13. The second-order valence-electron chi connectivity index (χ2n) is 4.54. The third-order valence-corrected chi connectivity index (χ3v) is 3.12. The minimum absolute atomic E-state index is 0.0838. The molecule has 0 bridgehead atoms. The molecule has 0 unspecified atom stereocenters. The monoisotopic (exact) mass is 276 g/mol. The van der Waals surface area contributed by atoms with Gasteiger partial charge in [0.15, 0.2) is 0 Å². The van der Waals surface area contributed by atoms with Crippen LogP contribution in [0.2, 0.25) is 0 Å². The van der Waals surface area contributed by atoms with Gasteiger partial charge in [-0.1, -0.05) is 12.1 Å². The third kappa shape index (κ3) is 3.45. The summed E-state index contributed by atoms with van der Waals surface area (Å²) < 4.78 is 17.5. The Labute approximate surface area is 117 Å². The molecule has 20 heavy (non-hydrogen) atoms. The first-order valence-electron chi connectivity index (χ1n) is 6.35. The summed E-state index contributed by atoms with van der Waals surface area (Å²) in [5.41, 5.74) is 2.32. The quantitative estimate of drug-likeness (QED) is 0.826. The first-order valence-corrected chi connectivity index (χ1v) is 6.35. The number of carbonyl (C=O) groups is 1. The highest BCUT2D eigenvalue weighted by Crippen LogP contribution is 2.13. The zero-order valence-electron chi connectivity index (χ0n) is 11.4. The number of H-pyrrole nitrogens is 1. The maximum atomic E-state index is 12.8. The summed E-state index contributed by atoms with van der Waals surface area (Å²) in [5.74, 6) is -0.629. The van der Waals surface area contributed by atoms with Gasteiger partial charge in [0.2, 0.25) is 0 Å². The van der Waals surface area contributed by atoms with Crippen LogP contribution in [0, 0.1) is 5.82 Å². The first-order chi connectivity index (χ1) is 9.60. The van der Waals surface area contributed by atoms with Gasteiger partial charge in [0, 0.05) is 18.3 Å². The predicted molar refractivity (Wildman–Crippen MR) is 73.8 cm³/mol. The van der Waals surface area contributed by atoms with Crippen LogP contribution in [0.5, 0.6) is 0 Å². The number of hydrogen-bond acceptors (Lipinski definition) is 3. The maximum absolute atomic E-state index is 12.8. The number of halogens is 1. The van der Waals surface area contributed by atoms with Gasteiger partial charge in [-0.2, -0.15) is 0 Å². The third-order valence-electron chi connectivity index (χ3n) is 3.12. The highest BCUT2D eigenvalue weighted by atomic mass is 19.1. The van der Waals surface area contributed by atoms with Crippen LogP contribution < -0.4 is 5.32 Å². The molecule has 4 nitrogen and oxygen atoms in total. The SMILES string of the molecule is COC(=O)c1ccc(CN[C@@H](C)c2ccc(F)cc2)[nH]1. The van der Waals surface area contributed by atoms with Crippen molar-refractivity contribution in [2.45, 2.75) is 19.5 Å². The van der Waals surface area contributed by atoms with Crippen molar-refractivity contribution in [2.75, 3.05) is 7.11 Å². The van der Waals surface area contributed by atoms with Crippen molar-refractivity contribution in [3.05, 3.63) is 59.2 Å². The number of methoxy groups -OCH3 is 1. The van der Waals surface area contributed by atoms with E-state index in [0.717, 1.165) is 11.3 Å². The van der Waals surface area contributed by atoms with Crippen molar-refractivity contribution in [3.8, 4) is 0 Å². The standard InChI is InChI=1S/C15H17FN2O2/c1-10(11-3-5-12(16)6-4-11)17-9-13-7-8-14(18-13)15(19)20-2/h3-8,10,17-18H,9H2,1-2H3/t10-/m0/s1. The van der Waals surface area contributed by atoms with E-state index in [4.69, 9.17) is 0 Å². The minimum atomic E-state index is -0.386. The first kappa shape index (κ1) is 14.3. The molecule has 0 aliphatic heterocycles. The zero-order chi connectivity index (χ0) is 14.5. The van der Waals surface area contributed by atoms with E-state index >= 15 is 0 Å². The molecule has 106 valence electrons. The number of carbonyl (C=O) groups excluding carboxylic acids is 1. The molecule has 0 aliphatic rings. The number of rotatable bonds is 5. The Kier molecular flexibility index (Phi) is 4.53. The summed E-state index contributed by atoms with van der Waals surface area (Å²) in [4.78, 5) is 14.3. The molecule has 2 aromatic rings. The largest absolute Gasteiger partial charge is 0.464 e. The molecule has 0 amide bonds. The van der Waals surface area contributed by atoms with Crippen LogP contribution in [-0.2, 0) is 11.3 Å². The van der Waals surface area contributed by atoms with Gasteiger partial charge in [0.25, 0.3) is 0 Å². The predicted octanol–water partition coefficient (Wildman–Crippen LogP) is 2.79. The van der Waals surface area contributed by atoms with Crippen LogP contribution in [0.25, 0.3) is 0 Å². The Morgan fingerprint density at radius 3 is 2.65 bits per heavy atom. The maximum Gasteiger partial charge on any atom is 0.354 e. The molecule has 1 aromatic heterocycles. The van der Waals surface area contributed by atoms with Gasteiger partial charge in [-0.15, -0.1) is 0 Å². The summed E-state index contributed by atoms with van der Waals surface area (Å²) in [6.45, 7) is 2.58. The van der Waals surface area contributed by atoms with Crippen molar-refractivity contribution in [3.63, 3.8) is 0 Å². The van der Waals surface area contributed by atoms with E-state index in [1.165, 1.54) is 19.2 Å². The highest BCUT2D eigenvalue weighted by molar-refractivity contribution is 5.87. The van der Waals surface area contributed by atoms with Crippen molar-refractivity contribution in [1.29, 1.82) is 0 Å². The van der Waals surface area contributed by atoms with Crippen LogP contribution in [-0.4, -0.2) is 18.1 Å². The molecule has 1 atom stereocenters. The van der Waals surface area contributed by atoms with E-state index in [1.54, 1.807) is 18.2 Å². The van der Waals surface area contributed by atoms with Gasteiger partial charge in [0.1, 0.15) is 11.5 Å². The summed E-state index contributed by atoms with van der Waals surface area (Å²) in [5, 5.41) is 3.30. The number of aromatic nitrogens is 1. The number of nitrogens with one attached hydrogen (secondary N) is 2. The van der Waals surface area contributed by atoms with Crippen LogP contribution >= 0.6 is 0 Å². The van der Waals surface area contributed by atoms with Crippen LogP contribution in [0.3, 0.4) is 0 Å². The lowest BCUT2D eigenvalue weighted by Crippen LogP contribution is -2.18. The van der Waals surface area contributed by atoms with E-state index < -0.39 is 0 Å². The smallest absolute Gasteiger partial charge is 0.354 e. The van der Waals surface area contributed by atoms with Gasteiger partial charge < -0.3 is 15.0 Å². The van der Waals surface area contributed by atoms with Gasteiger partial charge in [-0.05, 0) is 36.8 Å². The van der Waals surface area contributed by atoms with Crippen molar-refractivity contribution in [2.24, 2.45) is 0 Å². The minimum Gasteiger partial charge on any atom is -0.464 e. The van der Waals surface area contributed by atoms with Crippen molar-refractivity contribution < 1.29 is 13.9 Å². The summed E-state index contributed by atoms with van der Waals surface area (Å²) in [6, 6.07) is 9.99. The van der Waals surface area contributed by atoms with Gasteiger partial charge >= 0.3 is 5.97 Å². The number of ether oxygens (including phenoxy) is 1. The Morgan fingerprint density at radius 1 is 1.30 bits per heavy atom. The Hall–Kier alpha value is -2.14. The Morgan fingerprint density at radius 2 is 2.00 bits per heavy atom. The molecular weight excluding hydrogens is 259 g/mol. The van der Waals surface area contributed by atoms with E-state index in [1.807, 2.05) is 13.0 Å². The van der Waals surface area contributed by atoms with Crippen LogP contribution in [0.4, 0.5) is 4.39 Å². The fourth-order valence-corrected chi connectivity index (χ4v) is 1.90. The highest BCUT2D eigenvalue weighted by Gasteiger charge is 2.09. The molecule has 2 N–H and O–H groups in total. The number of esters is 1. The molecule has 0 aliphatic carbocycles. The number of hydrogen-bond donors (Lipinski definition) is 2. The fraction of sp³-hybridized carbons (Fsp3) is 0.267. The number of aromatic amines is 1. The second kappa shape index (κ2) is 6.34. The van der Waals surface area contributed by atoms with Crippen LogP contribution in [0.1, 0.15) is 34.7 Å². The Balaban J connectivity index is 1.93. The molecular formula is C15H17FN2O2. The molecule has 1 aromatic carbocycles. The molecule has 0 fully saturated rings. The van der Waals surface area contributed by atoms with E-state index in [-0.39, 0.29) is 17.8 Å². The molecule has 0 saturated heterocycles. The average molecular weight is 276 g/mol. The second-order valence-corrected chi connectivity index (χ2v) is 4.54. The van der Waals surface area contributed by atoms with Crippen LogP contribution in [0.15, 0.2) is 36.4 Å². The molecule has 5 heteroatoms. The summed E-state index contributed by atoms with van der Waals surface area (Å²) in [7, 11) is 1.34. The lowest BCUT2D eigenvalue weighted by molar-refractivity contribution is 0.0594. The average Bonchev–Trinajstić information content (AvgIpc) is 2.93.